The molecule has 1 fully saturated rings. The predicted octanol–water partition coefficient (Wildman–Crippen LogP) is 1.84. The van der Waals surface area contributed by atoms with Gasteiger partial charge in [-0.2, -0.15) is 0 Å². The van der Waals surface area contributed by atoms with E-state index in [1.165, 1.54) is 0 Å². The van der Waals surface area contributed by atoms with Crippen LogP contribution in [0.15, 0.2) is 0 Å². The Morgan fingerprint density at radius 1 is 1.56 bits per heavy atom. The fourth-order valence-electron chi connectivity index (χ4n) is 2.22. The van der Waals surface area contributed by atoms with Gasteiger partial charge in [-0.3, -0.25) is 4.79 Å². The molecule has 2 N–H and O–H groups in total. The molecule has 1 aliphatic heterocycles. The Balaban J connectivity index is 2.24. The van der Waals surface area contributed by atoms with Crippen LogP contribution in [-0.4, -0.2) is 36.3 Å². The molecule has 0 bridgehead atoms. The van der Waals surface area contributed by atoms with Gasteiger partial charge in [-0.05, 0) is 44.7 Å². The molecular weight excluding hydrogens is 224 g/mol. The Kier molecular flexibility index (Phi) is 6.14. The number of nitrogens with two attached hydrogens (primary N) is 1. The van der Waals surface area contributed by atoms with Crippen LogP contribution >= 0.6 is 11.6 Å². The summed E-state index contributed by atoms with van der Waals surface area (Å²) in [4.78, 5) is 13.5. The molecule has 0 radical (unpaired) electrons. The van der Waals surface area contributed by atoms with Gasteiger partial charge in [0.15, 0.2) is 0 Å². The number of carbonyl (C=O) groups excluding carboxylic acids is 1. The van der Waals surface area contributed by atoms with Gasteiger partial charge < -0.3 is 10.6 Å². The smallest absolute Gasteiger partial charge is 0.221 e. The van der Waals surface area contributed by atoms with Crippen LogP contribution in [0, 0.1) is 11.8 Å². The molecule has 4 heteroatoms. The first-order valence-electron chi connectivity index (χ1n) is 6.21. The maximum absolute atomic E-state index is 11.1. The summed E-state index contributed by atoms with van der Waals surface area (Å²) in [5.41, 5.74) is 5.35. The quantitative estimate of drug-likeness (QED) is 0.727. The monoisotopic (exact) mass is 246 g/mol. The van der Waals surface area contributed by atoms with Crippen LogP contribution in [0.3, 0.4) is 0 Å². The highest BCUT2D eigenvalue weighted by Crippen LogP contribution is 2.17. The summed E-state index contributed by atoms with van der Waals surface area (Å²) in [5.74, 6) is 1.34. The molecule has 0 spiro atoms. The number of hydrogen-bond donors (Lipinski definition) is 1. The van der Waals surface area contributed by atoms with Crippen molar-refractivity contribution in [1.82, 2.24) is 4.90 Å². The molecule has 2 atom stereocenters. The molecule has 3 nitrogen and oxygen atoms in total. The van der Waals surface area contributed by atoms with Crippen molar-refractivity contribution in [3.8, 4) is 0 Å². The van der Waals surface area contributed by atoms with Gasteiger partial charge in [0.05, 0.1) is 5.92 Å². The molecule has 16 heavy (non-hydrogen) atoms. The molecule has 0 aliphatic carbocycles. The average Bonchev–Trinajstić information content (AvgIpc) is 2.27. The van der Waals surface area contributed by atoms with Crippen LogP contribution in [0.1, 0.15) is 32.6 Å². The van der Waals surface area contributed by atoms with E-state index in [9.17, 15) is 4.79 Å². The van der Waals surface area contributed by atoms with Crippen LogP contribution in [0.5, 0.6) is 0 Å². The number of primary amides is 1. The number of nitrogens with zero attached hydrogens (tertiary/aromatic N) is 1. The van der Waals surface area contributed by atoms with Crippen molar-refractivity contribution >= 4 is 17.5 Å². The highest BCUT2D eigenvalue weighted by atomic mass is 35.5. The lowest BCUT2D eigenvalue weighted by molar-refractivity contribution is -0.123. The third-order valence-corrected chi connectivity index (χ3v) is 3.67. The summed E-state index contributed by atoms with van der Waals surface area (Å²) in [7, 11) is 0. The number of amides is 1. The van der Waals surface area contributed by atoms with Crippen LogP contribution in [0.4, 0.5) is 0 Å². The zero-order valence-corrected chi connectivity index (χ0v) is 10.9. The van der Waals surface area contributed by atoms with Crippen LogP contribution in [-0.2, 0) is 4.79 Å². The number of piperidine rings is 1. The van der Waals surface area contributed by atoms with Crippen molar-refractivity contribution in [3.63, 3.8) is 0 Å². The van der Waals surface area contributed by atoms with E-state index in [-0.39, 0.29) is 11.8 Å². The number of likely N-dealkylation sites (tertiary alicyclic amines) is 1. The van der Waals surface area contributed by atoms with Crippen molar-refractivity contribution in [2.45, 2.75) is 32.6 Å². The summed E-state index contributed by atoms with van der Waals surface area (Å²) in [6.45, 7) is 5.26. The first kappa shape index (κ1) is 13.8. The lowest BCUT2D eigenvalue weighted by Gasteiger charge is -2.31. The van der Waals surface area contributed by atoms with Crippen molar-refractivity contribution in [3.05, 3.63) is 0 Å². The largest absolute Gasteiger partial charge is 0.369 e. The van der Waals surface area contributed by atoms with E-state index in [1.807, 2.05) is 0 Å². The fraction of sp³-hybridized carbons (Fsp3) is 0.917. The van der Waals surface area contributed by atoms with Crippen molar-refractivity contribution in [2.24, 2.45) is 17.6 Å². The van der Waals surface area contributed by atoms with Gasteiger partial charge in [-0.25, -0.2) is 0 Å². The first-order valence-corrected chi connectivity index (χ1v) is 6.74. The Bertz CT molecular complexity index is 223. The molecule has 1 heterocycles. The van der Waals surface area contributed by atoms with Gasteiger partial charge in [-0.1, -0.05) is 6.92 Å². The van der Waals surface area contributed by atoms with E-state index in [2.05, 4.69) is 11.8 Å². The minimum absolute atomic E-state index is 0.0667. The van der Waals surface area contributed by atoms with Crippen LogP contribution < -0.4 is 5.73 Å². The second-order valence-corrected chi connectivity index (χ2v) is 5.29. The lowest BCUT2D eigenvalue weighted by atomic mass is 9.96. The van der Waals surface area contributed by atoms with Gasteiger partial charge in [0.2, 0.25) is 5.91 Å². The molecule has 1 saturated heterocycles. The highest BCUT2D eigenvalue weighted by molar-refractivity contribution is 6.17. The minimum Gasteiger partial charge on any atom is -0.369 e. The summed E-state index contributed by atoms with van der Waals surface area (Å²) in [6, 6.07) is 0. The topological polar surface area (TPSA) is 46.3 Å². The number of halogens is 1. The van der Waals surface area contributed by atoms with E-state index >= 15 is 0 Å². The predicted molar refractivity (Wildman–Crippen MR) is 67.5 cm³/mol. The van der Waals surface area contributed by atoms with Crippen molar-refractivity contribution in [1.29, 1.82) is 0 Å². The molecule has 0 saturated carbocycles. The molecule has 94 valence electrons. The normalized spacial score (nSPS) is 24.2. The van der Waals surface area contributed by atoms with Crippen molar-refractivity contribution < 1.29 is 4.79 Å². The van der Waals surface area contributed by atoms with Crippen LogP contribution in [0.2, 0.25) is 0 Å². The molecule has 0 aromatic heterocycles. The SMILES string of the molecule is CC(CCCl)CCN1CCCC(C(N)=O)C1. The van der Waals surface area contributed by atoms with Gasteiger partial charge in [-0.15, -0.1) is 11.6 Å². The first-order chi connectivity index (χ1) is 7.63. The van der Waals surface area contributed by atoms with Gasteiger partial charge in [0, 0.05) is 12.4 Å². The molecule has 0 aromatic rings. The number of hydrogen-bond acceptors (Lipinski definition) is 2. The minimum atomic E-state index is -0.140. The Hall–Kier alpha value is -0.280. The Labute approximate surface area is 103 Å². The standard InChI is InChI=1S/C12H23ClN2O/c1-10(4-6-13)5-8-15-7-2-3-11(9-15)12(14)16/h10-11H,2-9H2,1H3,(H2,14,16). The van der Waals surface area contributed by atoms with E-state index in [1.54, 1.807) is 0 Å². The molecule has 2 unspecified atom stereocenters. The Morgan fingerprint density at radius 3 is 2.94 bits per heavy atom. The zero-order chi connectivity index (χ0) is 12.0. The third kappa shape index (κ3) is 4.71. The zero-order valence-electron chi connectivity index (χ0n) is 10.1. The number of rotatable bonds is 6. The highest BCUT2D eigenvalue weighted by Gasteiger charge is 2.23. The second-order valence-electron chi connectivity index (χ2n) is 4.91. The molecule has 0 aromatic carbocycles. The van der Waals surface area contributed by atoms with E-state index in [0.717, 1.165) is 51.2 Å². The lowest BCUT2D eigenvalue weighted by Crippen LogP contribution is -2.41. The molecule has 1 aliphatic rings. The van der Waals surface area contributed by atoms with Gasteiger partial charge >= 0.3 is 0 Å². The number of carbonyl (C=O) groups is 1. The summed E-state index contributed by atoms with van der Waals surface area (Å²) < 4.78 is 0. The molecule has 1 rings (SSSR count). The Morgan fingerprint density at radius 2 is 2.31 bits per heavy atom. The van der Waals surface area contributed by atoms with Crippen LogP contribution in [0.25, 0.3) is 0 Å². The number of alkyl halides is 1. The van der Waals surface area contributed by atoms with Gasteiger partial charge in [0.25, 0.3) is 0 Å². The maximum Gasteiger partial charge on any atom is 0.221 e. The maximum atomic E-state index is 11.1. The van der Waals surface area contributed by atoms with Crippen molar-refractivity contribution in [2.75, 3.05) is 25.5 Å². The van der Waals surface area contributed by atoms with E-state index < -0.39 is 0 Å². The fourth-order valence-corrected chi connectivity index (χ4v) is 2.60. The molecular formula is C12H23ClN2O. The van der Waals surface area contributed by atoms with E-state index in [4.69, 9.17) is 17.3 Å². The second kappa shape index (κ2) is 7.13. The molecule has 1 amide bonds. The summed E-state index contributed by atoms with van der Waals surface area (Å²) >= 11 is 5.71. The van der Waals surface area contributed by atoms with E-state index in [0.29, 0.717) is 5.92 Å². The summed E-state index contributed by atoms with van der Waals surface area (Å²) in [5, 5.41) is 0. The average molecular weight is 247 g/mol. The van der Waals surface area contributed by atoms with Gasteiger partial charge in [0.1, 0.15) is 0 Å². The third-order valence-electron chi connectivity index (χ3n) is 3.45. The summed E-state index contributed by atoms with van der Waals surface area (Å²) in [6.07, 6.45) is 4.30.